The van der Waals surface area contributed by atoms with Gasteiger partial charge in [-0.1, -0.05) is 19.9 Å². The van der Waals surface area contributed by atoms with E-state index in [1.165, 1.54) is 11.3 Å². The van der Waals surface area contributed by atoms with Gasteiger partial charge in [-0.15, -0.1) is 0 Å². The summed E-state index contributed by atoms with van der Waals surface area (Å²) < 4.78 is 0. The van der Waals surface area contributed by atoms with Crippen molar-refractivity contribution in [1.82, 2.24) is 0 Å². The van der Waals surface area contributed by atoms with Gasteiger partial charge in [0.05, 0.1) is 0 Å². The largest absolute Gasteiger partial charge is 0.399 e. The quantitative estimate of drug-likeness (QED) is 0.767. The highest BCUT2D eigenvalue weighted by Crippen LogP contribution is 2.23. The highest BCUT2D eigenvalue weighted by molar-refractivity contribution is 5.60. The van der Waals surface area contributed by atoms with Gasteiger partial charge >= 0.3 is 0 Å². The topological polar surface area (TPSA) is 29.3 Å². The van der Waals surface area contributed by atoms with E-state index in [1.807, 2.05) is 6.07 Å². The lowest BCUT2D eigenvalue weighted by atomic mass is 10.1. The molecule has 2 heteroatoms. The number of rotatable bonds is 4. The predicted molar refractivity (Wildman–Crippen MR) is 68.3 cm³/mol. The van der Waals surface area contributed by atoms with E-state index in [4.69, 9.17) is 5.73 Å². The van der Waals surface area contributed by atoms with E-state index >= 15 is 0 Å². The summed E-state index contributed by atoms with van der Waals surface area (Å²) in [6.07, 6.45) is 0. The van der Waals surface area contributed by atoms with Gasteiger partial charge < -0.3 is 10.6 Å². The summed E-state index contributed by atoms with van der Waals surface area (Å²) in [5.41, 5.74) is 9.24. The van der Waals surface area contributed by atoms with Crippen LogP contribution in [-0.2, 0) is 0 Å². The molecule has 1 rings (SSSR count). The van der Waals surface area contributed by atoms with Gasteiger partial charge in [-0.05, 0) is 37.5 Å². The molecule has 1 aromatic rings. The SMILES string of the molecule is CCN(CC(C)C)c1cc(N)ccc1C. The van der Waals surface area contributed by atoms with Gasteiger partial charge in [-0.25, -0.2) is 0 Å². The molecule has 0 heterocycles. The van der Waals surface area contributed by atoms with E-state index in [1.54, 1.807) is 0 Å². The molecule has 0 fully saturated rings. The van der Waals surface area contributed by atoms with Gasteiger partial charge in [-0.3, -0.25) is 0 Å². The van der Waals surface area contributed by atoms with Crippen LogP contribution < -0.4 is 10.6 Å². The molecule has 0 bridgehead atoms. The summed E-state index contributed by atoms with van der Waals surface area (Å²) in [5, 5.41) is 0. The Morgan fingerprint density at radius 3 is 2.53 bits per heavy atom. The standard InChI is InChI=1S/C13H22N2/c1-5-15(9-10(2)3)13-8-12(14)7-6-11(13)4/h6-8,10H,5,9,14H2,1-4H3. The molecule has 0 aliphatic carbocycles. The van der Waals surface area contributed by atoms with E-state index in [2.05, 4.69) is 44.7 Å². The van der Waals surface area contributed by atoms with E-state index in [0.29, 0.717) is 5.92 Å². The third kappa shape index (κ3) is 3.15. The van der Waals surface area contributed by atoms with Crippen molar-refractivity contribution >= 4 is 11.4 Å². The highest BCUT2D eigenvalue weighted by Gasteiger charge is 2.09. The van der Waals surface area contributed by atoms with Gasteiger partial charge in [0.25, 0.3) is 0 Å². The molecule has 0 saturated heterocycles. The minimum atomic E-state index is 0.672. The zero-order valence-electron chi connectivity index (χ0n) is 10.2. The Labute approximate surface area is 93.1 Å². The van der Waals surface area contributed by atoms with E-state index < -0.39 is 0 Å². The summed E-state index contributed by atoms with van der Waals surface area (Å²) in [6.45, 7) is 10.9. The third-order valence-corrected chi connectivity index (χ3v) is 2.54. The second-order valence-electron chi connectivity index (χ2n) is 4.48. The monoisotopic (exact) mass is 206 g/mol. The Bertz CT molecular complexity index is 318. The molecule has 2 nitrogen and oxygen atoms in total. The lowest BCUT2D eigenvalue weighted by Gasteiger charge is -2.27. The predicted octanol–water partition coefficient (Wildman–Crippen LogP) is 3.06. The van der Waals surface area contributed by atoms with Crippen LogP contribution in [0.5, 0.6) is 0 Å². The first-order chi connectivity index (χ1) is 7.04. The maximum atomic E-state index is 5.82. The van der Waals surface area contributed by atoms with Crippen molar-refractivity contribution < 1.29 is 0 Å². The summed E-state index contributed by atoms with van der Waals surface area (Å²) in [4.78, 5) is 2.39. The molecule has 0 saturated carbocycles. The van der Waals surface area contributed by atoms with Crippen LogP contribution >= 0.6 is 0 Å². The van der Waals surface area contributed by atoms with Crippen molar-refractivity contribution in [2.75, 3.05) is 23.7 Å². The van der Waals surface area contributed by atoms with Crippen LogP contribution in [0.4, 0.5) is 11.4 Å². The molecule has 0 aliphatic heterocycles. The number of benzene rings is 1. The molecule has 0 spiro atoms. The van der Waals surface area contributed by atoms with Crippen molar-refractivity contribution in [1.29, 1.82) is 0 Å². The van der Waals surface area contributed by atoms with Crippen LogP contribution in [0.15, 0.2) is 18.2 Å². The average molecular weight is 206 g/mol. The van der Waals surface area contributed by atoms with Crippen molar-refractivity contribution in [2.45, 2.75) is 27.7 Å². The van der Waals surface area contributed by atoms with Gasteiger partial charge in [0, 0.05) is 24.5 Å². The van der Waals surface area contributed by atoms with Gasteiger partial charge in [0.1, 0.15) is 0 Å². The minimum absolute atomic E-state index is 0.672. The number of nitrogen functional groups attached to an aromatic ring is 1. The van der Waals surface area contributed by atoms with E-state index in [-0.39, 0.29) is 0 Å². The van der Waals surface area contributed by atoms with Crippen LogP contribution in [0.1, 0.15) is 26.3 Å². The molecular weight excluding hydrogens is 184 g/mol. The number of anilines is 2. The van der Waals surface area contributed by atoms with Gasteiger partial charge in [0.2, 0.25) is 0 Å². The Kier molecular flexibility index (Phi) is 4.01. The Hall–Kier alpha value is -1.18. The van der Waals surface area contributed by atoms with Crippen LogP contribution in [0.25, 0.3) is 0 Å². The smallest absolute Gasteiger partial charge is 0.0416 e. The Morgan fingerprint density at radius 2 is 2.00 bits per heavy atom. The van der Waals surface area contributed by atoms with Crippen LogP contribution in [0.2, 0.25) is 0 Å². The maximum Gasteiger partial charge on any atom is 0.0416 e. The van der Waals surface area contributed by atoms with Crippen molar-refractivity contribution in [3.05, 3.63) is 23.8 Å². The van der Waals surface area contributed by atoms with Gasteiger partial charge in [-0.2, -0.15) is 0 Å². The van der Waals surface area contributed by atoms with Crippen molar-refractivity contribution in [2.24, 2.45) is 5.92 Å². The number of aryl methyl sites for hydroxylation is 1. The normalized spacial score (nSPS) is 10.7. The zero-order chi connectivity index (χ0) is 11.4. The molecule has 1 aromatic carbocycles. The van der Waals surface area contributed by atoms with E-state index in [0.717, 1.165) is 18.8 Å². The zero-order valence-corrected chi connectivity index (χ0v) is 10.2. The lowest BCUT2D eigenvalue weighted by Crippen LogP contribution is -2.27. The molecule has 0 atom stereocenters. The fourth-order valence-corrected chi connectivity index (χ4v) is 1.81. The van der Waals surface area contributed by atoms with E-state index in [9.17, 15) is 0 Å². The number of nitrogens with two attached hydrogens (primary N) is 1. The molecule has 0 aromatic heterocycles. The second kappa shape index (κ2) is 5.06. The van der Waals surface area contributed by atoms with Crippen LogP contribution in [0.3, 0.4) is 0 Å². The Balaban J connectivity index is 2.95. The summed E-state index contributed by atoms with van der Waals surface area (Å²) in [5.74, 6) is 0.672. The fourth-order valence-electron chi connectivity index (χ4n) is 1.81. The number of hydrogen-bond donors (Lipinski definition) is 1. The molecule has 15 heavy (non-hydrogen) atoms. The van der Waals surface area contributed by atoms with Crippen LogP contribution in [-0.4, -0.2) is 13.1 Å². The average Bonchev–Trinajstić information content (AvgIpc) is 2.18. The summed E-state index contributed by atoms with van der Waals surface area (Å²) in [7, 11) is 0. The highest BCUT2D eigenvalue weighted by atomic mass is 15.1. The molecule has 0 unspecified atom stereocenters. The summed E-state index contributed by atoms with van der Waals surface area (Å²) >= 11 is 0. The minimum Gasteiger partial charge on any atom is -0.399 e. The first-order valence-corrected chi connectivity index (χ1v) is 5.65. The van der Waals surface area contributed by atoms with Crippen LogP contribution in [0, 0.1) is 12.8 Å². The maximum absolute atomic E-state index is 5.82. The number of hydrogen-bond acceptors (Lipinski definition) is 2. The lowest BCUT2D eigenvalue weighted by molar-refractivity contribution is 0.618. The number of nitrogens with zero attached hydrogens (tertiary/aromatic N) is 1. The first kappa shape index (κ1) is 11.9. The van der Waals surface area contributed by atoms with Crippen molar-refractivity contribution in [3.8, 4) is 0 Å². The van der Waals surface area contributed by atoms with Crippen molar-refractivity contribution in [3.63, 3.8) is 0 Å². The molecule has 0 amide bonds. The Morgan fingerprint density at radius 1 is 1.33 bits per heavy atom. The first-order valence-electron chi connectivity index (χ1n) is 5.65. The molecule has 2 N–H and O–H groups in total. The second-order valence-corrected chi connectivity index (χ2v) is 4.48. The fraction of sp³-hybridized carbons (Fsp3) is 0.538. The molecule has 0 radical (unpaired) electrons. The molecule has 0 aliphatic rings. The summed E-state index contributed by atoms with van der Waals surface area (Å²) in [6, 6.07) is 6.12. The third-order valence-electron chi connectivity index (χ3n) is 2.54. The molecule has 84 valence electrons. The van der Waals surface area contributed by atoms with Gasteiger partial charge in [0.15, 0.2) is 0 Å². The molecular formula is C13H22N2.